The number of hydrogen-bond acceptors (Lipinski definition) is 3. The maximum atomic E-state index is 10.6. The van der Waals surface area contributed by atoms with Crippen molar-refractivity contribution in [3.05, 3.63) is 30.3 Å². The van der Waals surface area contributed by atoms with E-state index in [1.54, 1.807) is 0 Å². The van der Waals surface area contributed by atoms with Crippen LogP contribution in [-0.4, -0.2) is 48.7 Å². The molecule has 0 amide bonds. The van der Waals surface area contributed by atoms with Crippen molar-refractivity contribution in [2.45, 2.75) is 25.3 Å². The lowest BCUT2D eigenvalue weighted by Crippen LogP contribution is -2.47. The van der Waals surface area contributed by atoms with Crippen LogP contribution >= 0.6 is 0 Å². The number of likely N-dealkylation sites (tertiary alicyclic amines) is 1. The number of hydrogen-bond donors (Lipinski definition) is 1. The van der Waals surface area contributed by atoms with Crippen LogP contribution in [0.25, 0.3) is 0 Å². The molecule has 1 fully saturated rings. The van der Waals surface area contributed by atoms with Crippen LogP contribution in [0.1, 0.15) is 19.3 Å². The summed E-state index contributed by atoms with van der Waals surface area (Å²) in [4.78, 5) is 15.2. The molecule has 0 aliphatic carbocycles. The molecule has 0 aromatic heterocycles. The highest BCUT2D eigenvalue weighted by Crippen LogP contribution is 2.21. The Kier molecular flexibility index (Phi) is 4.80. The molecule has 2 rings (SSSR count). The van der Waals surface area contributed by atoms with E-state index >= 15 is 0 Å². The van der Waals surface area contributed by atoms with Gasteiger partial charge in [0, 0.05) is 31.9 Å². The van der Waals surface area contributed by atoms with Crippen molar-refractivity contribution in [1.29, 1.82) is 0 Å². The molecule has 0 radical (unpaired) electrons. The highest BCUT2D eigenvalue weighted by molar-refractivity contribution is 5.66. The summed E-state index contributed by atoms with van der Waals surface area (Å²) in [7, 11) is 2.13. The highest BCUT2D eigenvalue weighted by Gasteiger charge is 2.23. The number of carbonyl (C=O) groups is 1. The normalized spacial score (nSPS) is 20.2. The second-order valence-corrected chi connectivity index (χ2v) is 5.19. The standard InChI is InChI=1S/C15H22N2O2/c1-16(13-6-3-2-4-7-13)14-8-5-10-17(12-14)11-9-15(18)19/h2-4,6-7,14H,5,8-12H2,1H3,(H,18,19). The van der Waals surface area contributed by atoms with Crippen LogP contribution in [0.15, 0.2) is 30.3 Å². The van der Waals surface area contributed by atoms with Gasteiger partial charge in [-0.25, -0.2) is 0 Å². The quantitative estimate of drug-likeness (QED) is 0.882. The van der Waals surface area contributed by atoms with E-state index in [1.807, 2.05) is 6.07 Å². The van der Waals surface area contributed by atoms with Gasteiger partial charge in [-0.2, -0.15) is 0 Å². The summed E-state index contributed by atoms with van der Waals surface area (Å²) in [6.07, 6.45) is 2.55. The fourth-order valence-electron chi connectivity index (χ4n) is 2.68. The second kappa shape index (κ2) is 6.57. The molecule has 1 unspecified atom stereocenters. The van der Waals surface area contributed by atoms with Crippen molar-refractivity contribution < 1.29 is 9.90 Å². The number of piperidine rings is 1. The molecular formula is C15H22N2O2. The zero-order valence-electron chi connectivity index (χ0n) is 11.5. The molecule has 1 aromatic rings. The first kappa shape index (κ1) is 13.9. The van der Waals surface area contributed by atoms with Crippen LogP contribution in [-0.2, 0) is 4.79 Å². The topological polar surface area (TPSA) is 43.8 Å². The molecule has 104 valence electrons. The summed E-state index contributed by atoms with van der Waals surface area (Å²) >= 11 is 0. The fraction of sp³-hybridized carbons (Fsp3) is 0.533. The number of rotatable bonds is 5. The van der Waals surface area contributed by atoms with Crippen LogP contribution < -0.4 is 4.90 Å². The van der Waals surface area contributed by atoms with Gasteiger partial charge in [-0.15, -0.1) is 0 Å². The van der Waals surface area contributed by atoms with Gasteiger partial charge in [-0.05, 0) is 31.5 Å². The molecule has 1 aliphatic rings. The van der Waals surface area contributed by atoms with E-state index < -0.39 is 5.97 Å². The zero-order chi connectivity index (χ0) is 13.7. The van der Waals surface area contributed by atoms with Crippen molar-refractivity contribution in [3.63, 3.8) is 0 Å². The van der Waals surface area contributed by atoms with Crippen molar-refractivity contribution in [2.75, 3.05) is 31.6 Å². The molecule has 1 aliphatic heterocycles. The summed E-state index contributed by atoms with van der Waals surface area (Å²) in [5.41, 5.74) is 1.23. The van der Waals surface area contributed by atoms with Gasteiger partial charge in [0.15, 0.2) is 0 Å². The number of nitrogens with zero attached hydrogens (tertiary/aromatic N) is 2. The van der Waals surface area contributed by atoms with E-state index in [1.165, 1.54) is 12.1 Å². The minimum Gasteiger partial charge on any atom is -0.481 e. The number of likely N-dealkylation sites (N-methyl/N-ethyl adjacent to an activating group) is 1. The van der Waals surface area contributed by atoms with Gasteiger partial charge >= 0.3 is 5.97 Å². The molecular weight excluding hydrogens is 240 g/mol. The number of carboxylic acids is 1. The van der Waals surface area contributed by atoms with E-state index in [0.29, 0.717) is 12.6 Å². The van der Waals surface area contributed by atoms with Crippen LogP contribution in [0.5, 0.6) is 0 Å². The first-order chi connectivity index (χ1) is 9.16. The Hall–Kier alpha value is -1.55. The SMILES string of the molecule is CN(c1ccccc1)C1CCCN(CCC(=O)O)C1. The average molecular weight is 262 g/mol. The third-order valence-electron chi connectivity index (χ3n) is 3.83. The third kappa shape index (κ3) is 3.96. The first-order valence-electron chi connectivity index (χ1n) is 6.89. The van der Waals surface area contributed by atoms with Gasteiger partial charge in [-0.3, -0.25) is 4.79 Å². The Bertz CT molecular complexity index is 408. The Balaban J connectivity index is 1.91. The first-order valence-corrected chi connectivity index (χ1v) is 6.89. The monoisotopic (exact) mass is 262 g/mol. The molecule has 4 heteroatoms. The largest absolute Gasteiger partial charge is 0.481 e. The lowest BCUT2D eigenvalue weighted by atomic mass is 10.0. The van der Waals surface area contributed by atoms with E-state index in [4.69, 9.17) is 5.11 Å². The maximum Gasteiger partial charge on any atom is 0.304 e. The van der Waals surface area contributed by atoms with Gasteiger partial charge in [0.1, 0.15) is 0 Å². The third-order valence-corrected chi connectivity index (χ3v) is 3.83. The Morgan fingerprint density at radius 3 is 2.84 bits per heavy atom. The summed E-state index contributed by atoms with van der Waals surface area (Å²) in [5, 5.41) is 8.76. The molecule has 0 saturated carbocycles. The minimum atomic E-state index is -0.710. The van der Waals surface area contributed by atoms with Crippen molar-refractivity contribution in [3.8, 4) is 0 Å². The predicted octanol–water partition coefficient (Wildman–Crippen LogP) is 2.06. The molecule has 1 aromatic carbocycles. The van der Waals surface area contributed by atoms with Crippen molar-refractivity contribution in [2.24, 2.45) is 0 Å². The minimum absolute atomic E-state index is 0.238. The van der Waals surface area contributed by atoms with E-state index in [0.717, 1.165) is 19.5 Å². The molecule has 1 saturated heterocycles. The second-order valence-electron chi connectivity index (χ2n) is 5.19. The van der Waals surface area contributed by atoms with Crippen LogP contribution in [0.4, 0.5) is 5.69 Å². The van der Waals surface area contributed by atoms with Gasteiger partial charge in [-0.1, -0.05) is 18.2 Å². The Labute approximate surface area is 114 Å². The molecule has 1 heterocycles. The lowest BCUT2D eigenvalue weighted by molar-refractivity contribution is -0.137. The predicted molar refractivity (Wildman–Crippen MR) is 76.6 cm³/mol. The lowest BCUT2D eigenvalue weighted by Gasteiger charge is -2.38. The summed E-state index contributed by atoms with van der Waals surface area (Å²) < 4.78 is 0. The van der Waals surface area contributed by atoms with E-state index in [2.05, 4.69) is 41.1 Å². The fourth-order valence-corrected chi connectivity index (χ4v) is 2.68. The number of benzene rings is 1. The molecule has 1 N–H and O–H groups in total. The Morgan fingerprint density at radius 1 is 1.42 bits per heavy atom. The van der Waals surface area contributed by atoms with Crippen molar-refractivity contribution in [1.82, 2.24) is 4.90 Å². The molecule has 1 atom stereocenters. The van der Waals surface area contributed by atoms with Gasteiger partial charge in [0.25, 0.3) is 0 Å². The van der Waals surface area contributed by atoms with Crippen LogP contribution in [0, 0.1) is 0 Å². The average Bonchev–Trinajstić information content (AvgIpc) is 2.45. The number of aliphatic carboxylic acids is 1. The number of para-hydroxylation sites is 1. The smallest absolute Gasteiger partial charge is 0.304 e. The highest BCUT2D eigenvalue weighted by atomic mass is 16.4. The number of anilines is 1. The van der Waals surface area contributed by atoms with Gasteiger partial charge < -0.3 is 14.9 Å². The van der Waals surface area contributed by atoms with Gasteiger partial charge in [0.05, 0.1) is 6.42 Å². The van der Waals surface area contributed by atoms with E-state index in [-0.39, 0.29) is 6.42 Å². The van der Waals surface area contributed by atoms with E-state index in [9.17, 15) is 4.79 Å². The number of carboxylic acid groups (broad SMARTS) is 1. The zero-order valence-corrected chi connectivity index (χ0v) is 11.5. The molecule has 0 bridgehead atoms. The summed E-state index contributed by atoms with van der Waals surface area (Å²) in [6, 6.07) is 10.8. The molecule has 0 spiro atoms. The summed E-state index contributed by atoms with van der Waals surface area (Å²) in [5.74, 6) is -0.710. The molecule has 19 heavy (non-hydrogen) atoms. The molecule has 4 nitrogen and oxygen atoms in total. The Morgan fingerprint density at radius 2 is 2.16 bits per heavy atom. The summed E-state index contributed by atoms with van der Waals surface area (Å²) in [6.45, 7) is 2.64. The van der Waals surface area contributed by atoms with Crippen LogP contribution in [0.2, 0.25) is 0 Å². The maximum absolute atomic E-state index is 10.6. The van der Waals surface area contributed by atoms with Gasteiger partial charge in [0.2, 0.25) is 0 Å². The van der Waals surface area contributed by atoms with Crippen LogP contribution in [0.3, 0.4) is 0 Å². The van der Waals surface area contributed by atoms with Crippen molar-refractivity contribution >= 4 is 11.7 Å².